The molecule has 16 heavy (non-hydrogen) atoms. The van der Waals surface area contributed by atoms with Gasteiger partial charge in [0, 0.05) is 6.54 Å². The highest BCUT2D eigenvalue weighted by molar-refractivity contribution is 4.70. The molecule has 1 rings (SSSR count). The van der Waals surface area contributed by atoms with E-state index in [2.05, 4.69) is 37.9 Å². The summed E-state index contributed by atoms with van der Waals surface area (Å²) in [6.07, 6.45) is 4.08. The fraction of sp³-hybridized carbons (Fsp3) is 1.00. The van der Waals surface area contributed by atoms with E-state index in [4.69, 9.17) is 0 Å². The van der Waals surface area contributed by atoms with Gasteiger partial charge in [-0.05, 0) is 56.8 Å². The standard InChI is InChI=1S/C14H30N2/c1-13(12-16-9-5-6-10-16)11-15-8-7-14(2,3)4/h13,15H,5-12H2,1-4H3. The first-order chi connectivity index (χ1) is 7.47. The molecule has 1 unspecified atom stereocenters. The van der Waals surface area contributed by atoms with Gasteiger partial charge in [-0.25, -0.2) is 0 Å². The number of likely N-dealkylation sites (tertiary alicyclic amines) is 1. The summed E-state index contributed by atoms with van der Waals surface area (Å²) in [6, 6.07) is 0. The predicted molar refractivity (Wildman–Crippen MR) is 71.8 cm³/mol. The second-order valence-electron chi connectivity index (χ2n) is 6.63. The minimum absolute atomic E-state index is 0.463. The van der Waals surface area contributed by atoms with E-state index in [-0.39, 0.29) is 0 Å². The van der Waals surface area contributed by atoms with Crippen molar-refractivity contribution in [2.24, 2.45) is 11.3 Å². The summed E-state index contributed by atoms with van der Waals surface area (Å²) in [5, 5.41) is 3.59. The molecule has 1 heterocycles. The van der Waals surface area contributed by atoms with Crippen LogP contribution in [0.4, 0.5) is 0 Å². The number of hydrogen-bond donors (Lipinski definition) is 1. The first kappa shape index (κ1) is 14.0. The molecular formula is C14H30N2. The van der Waals surface area contributed by atoms with Gasteiger partial charge in [0.25, 0.3) is 0 Å². The van der Waals surface area contributed by atoms with E-state index in [9.17, 15) is 0 Å². The van der Waals surface area contributed by atoms with Crippen LogP contribution in [0, 0.1) is 11.3 Å². The molecule has 0 spiro atoms. The number of rotatable bonds is 6. The summed E-state index contributed by atoms with van der Waals surface area (Å²) < 4.78 is 0. The largest absolute Gasteiger partial charge is 0.316 e. The Bertz CT molecular complexity index is 178. The van der Waals surface area contributed by atoms with Crippen molar-refractivity contribution in [3.8, 4) is 0 Å². The fourth-order valence-electron chi connectivity index (χ4n) is 2.28. The summed E-state index contributed by atoms with van der Waals surface area (Å²) in [4.78, 5) is 2.61. The summed E-state index contributed by atoms with van der Waals surface area (Å²) >= 11 is 0. The first-order valence-corrected chi connectivity index (χ1v) is 6.90. The van der Waals surface area contributed by atoms with E-state index >= 15 is 0 Å². The molecule has 0 amide bonds. The van der Waals surface area contributed by atoms with Crippen LogP contribution < -0.4 is 5.32 Å². The Morgan fingerprint density at radius 2 is 1.81 bits per heavy atom. The molecule has 0 aromatic heterocycles. The molecule has 2 heteroatoms. The highest BCUT2D eigenvalue weighted by Gasteiger charge is 2.14. The second-order valence-corrected chi connectivity index (χ2v) is 6.63. The van der Waals surface area contributed by atoms with Crippen molar-refractivity contribution < 1.29 is 0 Å². The molecule has 1 atom stereocenters. The number of hydrogen-bond acceptors (Lipinski definition) is 2. The van der Waals surface area contributed by atoms with E-state index < -0.39 is 0 Å². The van der Waals surface area contributed by atoms with Crippen molar-refractivity contribution in [1.82, 2.24) is 10.2 Å². The third-order valence-corrected chi connectivity index (χ3v) is 3.31. The third kappa shape index (κ3) is 6.49. The molecule has 2 nitrogen and oxygen atoms in total. The summed E-state index contributed by atoms with van der Waals surface area (Å²) in [7, 11) is 0. The zero-order valence-electron chi connectivity index (χ0n) is 11.7. The Kier molecular flexibility index (Phi) is 5.77. The topological polar surface area (TPSA) is 15.3 Å². The zero-order valence-corrected chi connectivity index (χ0v) is 11.7. The molecule has 1 aliphatic heterocycles. The van der Waals surface area contributed by atoms with Crippen molar-refractivity contribution in [3.05, 3.63) is 0 Å². The summed E-state index contributed by atoms with van der Waals surface area (Å²) in [5.74, 6) is 0.790. The van der Waals surface area contributed by atoms with Gasteiger partial charge in [0.05, 0.1) is 0 Å². The molecule has 0 bridgehead atoms. The molecule has 0 aromatic carbocycles. The van der Waals surface area contributed by atoms with Gasteiger partial charge in [0.15, 0.2) is 0 Å². The van der Waals surface area contributed by atoms with E-state index in [1.54, 1.807) is 0 Å². The lowest BCUT2D eigenvalue weighted by Crippen LogP contribution is -2.32. The monoisotopic (exact) mass is 226 g/mol. The van der Waals surface area contributed by atoms with Crippen LogP contribution in [0.25, 0.3) is 0 Å². The average molecular weight is 226 g/mol. The maximum absolute atomic E-state index is 3.59. The van der Waals surface area contributed by atoms with Crippen LogP contribution in [0.5, 0.6) is 0 Å². The highest BCUT2D eigenvalue weighted by atomic mass is 15.1. The van der Waals surface area contributed by atoms with Gasteiger partial charge in [0.1, 0.15) is 0 Å². The quantitative estimate of drug-likeness (QED) is 0.701. The summed E-state index contributed by atoms with van der Waals surface area (Å²) in [5.41, 5.74) is 0.463. The maximum atomic E-state index is 3.59. The Labute approximate surface area is 102 Å². The number of nitrogens with zero attached hydrogens (tertiary/aromatic N) is 1. The molecule has 1 fully saturated rings. The molecule has 1 aliphatic rings. The predicted octanol–water partition coefficient (Wildman–Crippen LogP) is 2.74. The summed E-state index contributed by atoms with van der Waals surface area (Å²) in [6.45, 7) is 15.6. The van der Waals surface area contributed by atoms with Gasteiger partial charge in [-0.15, -0.1) is 0 Å². The van der Waals surface area contributed by atoms with Crippen molar-refractivity contribution in [2.45, 2.75) is 47.0 Å². The van der Waals surface area contributed by atoms with Crippen LogP contribution in [-0.4, -0.2) is 37.6 Å². The van der Waals surface area contributed by atoms with Crippen molar-refractivity contribution in [1.29, 1.82) is 0 Å². The Morgan fingerprint density at radius 3 is 2.38 bits per heavy atom. The van der Waals surface area contributed by atoms with Crippen LogP contribution >= 0.6 is 0 Å². The number of nitrogens with one attached hydrogen (secondary N) is 1. The molecule has 96 valence electrons. The fourth-order valence-corrected chi connectivity index (χ4v) is 2.28. The van der Waals surface area contributed by atoms with Crippen molar-refractivity contribution >= 4 is 0 Å². The first-order valence-electron chi connectivity index (χ1n) is 6.90. The lowest BCUT2D eigenvalue weighted by molar-refractivity contribution is 0.278. The SMILES string of the molecule is CC(CNCCC(C)(C)C)CN1CCCC1. The maximum Gasteiger partial charge on any atom is 0.00191 e. The van der Waals surface area contributed by atoms with Crippen molar-refractivity contribution in [3.63, 3.8) is 0 Å². The van der Waals surface area contributed by atoms with Gasteiger partial charge < -0.3 is 10.2 Å². The van der Waals surface area contributed by atoms with Gasteiger partial charge >= 0.3 is 0 Å². The Hall–Kier alpha value is -0.0800. The molecule has 0 aliphatic carbocycles. The smallest absolute Gasteiger partial charge is 0.00191 e. The highest BCUT2D eigenvalue weighted by Crippen LogP contribution is 2.17. The van der Waals surface area contributed by atoms with Crippen LogP contribution in [-0.2, 0) is 0 Å². The zero-order chi connectivity index (χ0) is 12.0. The van der Waals surface area contributed by atoms with E-state index in [1.165, 1.54) is 45.4 Å². The normalized spacial score (nSPS) is 20.2. The van der Waals surface area contributed by atoms with E-state index in [1.807, 2.05) is 0 Å². The molecule has 1 saturated heterocycles. The average Bonchev–Trinajstić information content (AvgIpc) is 2.63. The minimum atomic E-state index is 0.463. The van der Waals surface area contributed by atoms with E-state index in [0.717, 1.165) is 12.5 Å². The Balaban J connectivity index is 1.99. The van der Waals surface area contributed by atoms with Crippen LogP contribution in [0.2, 0.25) is 0 Å². The van der Waals surface area contributed by atoms with Crippen molar-refractivity contribution in [2.75, 3.05) is 32.7 Å². The van der Waals surface area contributed by atoms with Crippen LogP contribution in [0.15, 0.2) is 0 Å². The molecule has 0 aromatic rings. The molecule has 1 N–H and O–H groups in total. The van der Waals surface area contributed by atoms with Gasteiger partial charge in [-0.3, -0.25) is 0 Å². The van der Waals surface area contributed by atoms with Crippen LogP contribution in [0.3, 0.4) is 0 Å². The van der Waals surface area contributed by atoms with Crippen LogP contribution in [0.1, 0.15) is 47.0 Å². The molecular weight excluding hydrogens is 196 g/mol. The second kappa shape index (κ2) is 6.61. The third-order valence-electron chi connectivity index (χ3n) is 3.31. The lowest BCUT2D eigenvalue weighted by Gasteiger charge is -2.22. The Morgan fingerprint density at radius 1 is 1.19 bits per heavy atom. The van der Waals surface area contributed by atoms with Gasteiger partial charge in [-0.1, -0.05) is 27.7 Å². The van der Waals surface area contributed by atoms with E-state index in [0.29, 0.717) is 5.41 Å². The molecule has 0 saturated carbocycles. The molecule has 0 radical (unpaired) electrons. The van der Waals surface area contributed by atoms with Gasteiger partial charge in [-0.2, -0.15) is 0 Å². The van der Waals surface area contributed by atoms with Gasteiger partial charge in [0.2, 0.25) is 0 Å². The minimum Gasteiger partial charge on any atom is -0.316 e. The lowest BCUT2D eigenvalue weighted by atomic mass is 9.92.